The molecule has 1 aromatic rings. The van der Waals surface area contributed by atoms with Gasteiger partial charge in [-0.25, -0.2) is 0 Å². The van der Waals surface area contributed by atoms with Gasteiger partial charge >= 0.3 is 0 Å². The number of hydrogen-bond donors (Lipinski definition) is 2. The Hall–Kier alpha value is -0.570. The van der Waals surface area contributed by atoms with Crippen molar-refractivity contribution in [2.45, 2.75) is 52.1 Å². The van der Waals surface area contributed by atoms with Crippen molar-refractivity contribution in [3.05, 3.63) is 34.9 Å². The predicted octanol–water partition coefficient (Wildman–Crippen LogP) is 4.57. The van der Waals surface area contributed by atoms with Crippen LogP contribution in [-0.4, -0.2) is 18.2 Å². The van der Waals surface area contributed by atoms with Gasteiger partial charge in [0.2, 0.25) is 0 Å². The van der Waals surface area contributed by atoms with Crippen molar-refractivity contribution in [2.24, 2.45) is 5.92 Å². The molecule has 1 aromatic carbocycles. The molecule has 1 atom stereocenters. The number of rotatable bonds is 10. The van der Waals surface area contributed by atoms with E-state index in [4.69, 9.17) is 11.6 Å². The maximum atomic E-state index is 10.1. The molecule has 0 amide bonds. The first-order chi connectivity index (χ1) is 9.61. The number of unbranched alkanes of at least 4 members (excludes halogenated alkanes) is 3. The van der Waals surface area contributed by atoms with Gasteiger partial charge in [-0.05, 0) is 24.9 Å². The quantitative estimate of drug-likeness (QED) is 0.620. The van der Waals surface area contributed by atoms with Crippen molar-refractivity contribution in [2.75, 3.05) is 13.1 Å². The molecule has 1 rings (SSSR count). The Balaban J connectivity index is 2.05. The first-order valence-corrected chi connectivity index (χ1v) is 8.12. The Morgan fingerprint density at radius 1 is 1.10 bits per heavy atom. The van der Waals surface area contributed by atoms with Gasteiger partial charge in [0.25, 0.3) is 0 Å². The fraction of sp³-hybridized carbons (Fsp3) is 0.647. The summed E-state index contributed by atoms with van der Waals surface area (Å²) in [6.45, 7) is 6.08. The van der Waals surface area contributed by atoms with Gasteiger partial charge in [-0.15, -0.1) is 0 Å². The largest absolute Gasteiger partial charge is 0.387 e. The number of aliphatic hydroxyl groups is 1. The molecule has 114 valence electrons. The Kier molecular flexibility index (Phi) is 8.92. The summed E-state index contributed by atoms with van der Waals surface area (Å²) in [5.74, 6) is 0.818. The molecule has 1 unspecified atom stereocenters. The van der Waals surface area contributed by atoms with Crippen LogP contribution < -0.4 is 5.32 Å². The van der Waals surface area contributed by atoms with Gasteiger partial charge in [-0.3, -0.25) is 0 Å². The Labute approximate surface area is 128 Å². The van der Waals surface area contributed by atoms with E-state index in [2.05, 4.69) is 19.2 Å². The van der Waals surface area contributed by atoms with Crippen LogP contribution in [0.3, 0.4) is 0 Å². The number of aliphatic hydroxyl groups excluding tert-OH is 1. The van der Waals surface area contributed by atoms with Crippen LogP contribution >= 0.6 is 11.6 Å². The van der Waals surface area contributed by atoms with Gasteiger partial charge in [-0.1, -0.05) is 69.3 Å². The summed E-state index contributed by atoms with van der Waals surface area (Å²) in [7, 11) is 0. The van der Waals surface area contributed by atoms with Gasteiger partial charge in [0.1, 0.15) is 0 Å². The van der Waals surface area contributed by atoms with Crippen molar-refractivity contribution in [1.29, 1.82) is 0 Å². The third kappa shape index (κ3) is 7.28. The zero-order chi connectivity index (χ0) is 14.8. The zero-order valence-corrected chi connectivity index (χ0v) is 13.5. The first-order valence-electron chi connectivity index (χ1n) is 7.74. The first kappa shape index (κ1) is 17.5. The Morgan fingerprint density at radius 2 is 1.80 bits per heavy atom. The number of nitrogens with one attached hydrogen (secondary N) is 1. The summed E-state index contributed by atoms with van der Waals surface area (Å²) < 4.78 is 0. The van der Waals surface area contributed by atoms with E-state index in [0.29, 0.717) is 11.6 Å². The minimum atomic E-state index is -0.523. The minimum absolute atomic E-state index is 0.523. The lowest BCUT2D eigenvalue weighted by atomic mass is 10.0. The normalized spacial score (nSPS) is 12.8. The van der Waals surface area contributed by atoms with E-state index >= 15 is 0 Å². The molecule has 0 spiro atoms. The van der Waals surface area contributed by atoms with Crippen molar-refractivity contribution >= 4 is 11.6 Å². The van der Waals surface area contributed by atoms with Crippen LogP contribution in [0.5, 0.6) is 0 Å². The van der Waals surface area contributed by atoms with Gasteiger partial charge < -0.3 is 10.4 Å². The van der Waals surface area contributed by atoms with E-state index in [1.54, 1.807) is 0 Å². The summed E-state index contributed by atoms with van der Waals surface area (Å²) in [5.41, 5.74) is 0.804. The highest BCUT2D eigenvalue weighted by Crippen LogP contribution is 2.21. The number of halogens is 1. The number of benzene rings is 1. The van der Waals surface area contributed by atoms with Gasteiger partial charge in [0, 0.05) is 17.1 Å². The zero-order valence-electron chi connectivity index (χ0n) is 12.7. The van der Waals surface area contributed by atoms with Crippen molar-refractivity contribution < 1.29 is 5.11 Å². The van der Waals surface area contributed by atoms with E-state index in [0.717, 1.165) is 18.0 Å². The molecule has 0 aliphatic heterocycles. The second-order valence-corrected chi connectivity index (χ2v) is 6.25. The molecule has 0 aliphatic carbocycles. The molecule has 2 N–H and O–H groups in total. The molecule has 0 radical (unpaired) electrons. The Bertz CT molecular complexity index is 368. The molecule has 0 saturated heterocycles. The molecule has 2 nitrogen and oxygen atoms in total. The summed E-state index contributed by atoms with van der Waals surface area (Å²) in [6.07, 6.45) is 5.89. The van der Waals surface area contributed by atoms with Crippen LogP contribution in [0, 0.1) is 5.92 Å². The average Bonchev–Trinajstić information content (AvgIpc) is 2.41. The van der Waals surface area contributed by atoms with Crippen molar-refractivity contribution in [1.82, 2.24) is 5.32 Å². The molecule has 0 aliphatic rings. The van der Waals surface area contributed by atoms with E-state index in [1.165, 1.54) is 32.1 Å². The SMILES string of the molecule is CC(C)CCCCCCNCC(O)c1ccccc1Cl. The highest BCUT2D eigenvalue weighted by Gasteiger charge is 2.09. The van der Waals surface area contributed by atoms with Crippen LogP contribution in [0.25, 0.3) is 0 Å². The Morgan fingerprint density at radius 3 is 2.50 bits per heavy atom. The molecule has 0 saturated carbocycles. The highest BCUT2D eigenvalue weighted by molar-refractivity contribution is 6.31. The monoisotopic (exact) mass is 297 g/mol. The second kappa shape index (κ2) is 10.2. The van der Waals surface area contributed by atoms with Crippen molar-refractivity contribution in [3.8, 4) is 0 Å². The van der Waals surface area contributed by atoms with Gasteiger partial charge in [-0.2, -0.15) is 0 Å². The molecule has 0 heterocycles. The lowest BCUT2D eigenvalue weighted by Crippen LogP contribution is -2.22. The topological polar surface area (TPSA) is 32.3 Å². The van der Waals surface area contributed by atoms with Crippen LogP contribution in [0.2, 0.25) is 5.02 Å². The lowest BCUT2D eigenvalue weighted by Gasteiger charge is -2.13. The van der Waals surface area contributed by atoms with Crippen LogP contribution in [0.4, 0.5) is 0 Å². The third-order valence-electron chi connectivity index (χ3n) is 3.49. The summed E-state index contributed by atoms with van der Waals surface area (Å²) >= 11 is 6.05. The summed E-state index contributed by atoms with van der Waals surface area (Å²) in [5, 5.41) is 14.0. The van der Waals surface area contributed by atoms with Crippen LogP contribution in [0.1, 0.15) is 57.6 Å². The number of hydrogen-bond acceptors (Lipinski definition) is 2. The fourth-order valence-electron chi connectivity index (χ4n) is 2.25. The van der Waals surface area contributed by atoms with E-state index in [9.17, 15) is 5.11 Å². The molecular formula is C17H28ClNO. The molecular weight excluding hydrogens is 270 g/mol. The van der Waals surface area contributed by atoms with E-state index in [-0.39, 0.29) is 0 Å². The average molecular weight is 298 g/mol. The summed E-state index contributed by atoms with van der Waals surface area (Å²) in [6, 6.07) is 7.47. The standard InChI is InChI=1S/C17H28ClNO/c1-14(2)9-5-3-4-8-12-19-13-17(20)15-10-6-7-11-16(15)18/h6-7,10-11,14,17,19-20H,3-5,8-9,12-13H2,1-2H3. The molecule has 3 heteroatoms. The fourth-order valence-corrected chi connectivity index (χ4v) is 2.51. The van der Waals surface area contributed by atoms with E-state index < -0.39 is 6.10 Å². The summed E-state index contributed by atoms with van der Waals surface area (Å²) in [4.78, 5) is 0. The molecule has 20 heavy (non-hydrogen) atoms. The predicted molar refractivity (Wildman–Crippen MR) is 87.2 cm³/mol. The van der Waals surface area contributed by atoms with Crippen LogP contribution in [0.15, 0.2) is 24.3 Å². The molecule has 0 aromatic heterocycles. The van der Waals surface area contributed by atoms with Gasteiger partial charge in [0.05, 0.1) is 6.10 Å². The third-order valence-corrected chi connectivity index (χ3v) is 3.83. The lowest BCUT2D eigenvalue weighted by molar-refractivity contribution is 0.175. The maximum absolute atomic E-state index is 10.1. The molecule has 0 bridgehead atoms. The van der Waals surface area contributed by atoms with Gasteiger partial charge in [0.15, 0.2) is 0 Å². The molecule has 0 fully saturated rings. The minimum Gasteiger partial charge on any atom is -0.387 e. The van der Waals surface area contributed by atoms with Crippen molar-refractivity contribution in [3.63, 3.8) is 0 Å². The highest BCUT2D eigenvalue weighted by atomic mass is 35.5. The van der Waals surface area contributed by atoms with E-state index in [1.807, 2.05) is 24.3 Å². The second-order valence-electron chi connectivity index (χ2n) is 5.84. The smallest absolute Gasteiger partial charge is 0.0928 e. The van der Waals surface area contributed by atoms with Crippen LogP contribution in [-0.2, 0) is 0 Å². The maximum Gasteiger partial charge on any atom is 0.0928 e.